The van der Waals surface area contributed by atoms with Crippen LogP contribution in [0.25, 0.3) is 0 Å². The van der Waals surface area contributed by atoms with Gasteiger partial charge < -0.3 is 9.64 Å². The van der Waals surface area contributed by atoms with Crippen LogP contribution in [0, 0.1) is 47.3 Å². The first-order chi connectivity index (χ1) is 16.8. The van der Waals surface area contributed by atoms with Crippen molar-refractivity contribution in [2.75, 3.05) is 13.3 Å². The molecule has 0 bridgehead atoms. The maximum absolute atomic E-state index is 13.2. The number of hydrogen-bond acceptors (Lipinski definition) is 4. The van der Waals surface area contributed by atoms with Gasteiger partial charge in [0.15, 0.2) is 0 Å². The molecule has 0 radical (unpaired) electrons. The van der Waals surface area contributed by atoms with Crippen LogP contribution in [0.15, 0.2) is 61.9 Å². The number of fused-ring (bicyclic) bond motifs is 2. The van der Waals surface area contributed by atoms with E-state index in [0.717, 1.165) is 36.3 Å². The first-order valence-electron chi connectivity index (χ1n) is 13.0. The van der Waals surface area contributed by atoms with Gasteiger partial charge in [-0.3, -0.25) is 14.5 Å². The molecule has 5 heteroatoms. The number of hydrogen-bond donors (Lipinski definition) is 0. The molecule has 6 unspecified atom stereocenters. The van der Waals surface area contributed by atoms with E-state index in [-0.39, 0.29) is 35.5 Å². The average molecular weight is 475 g/mol. The predicted octanol–water partition coefficient (Wildman–Crippen LogP) is 5.01. The molecule has 8 atom stereocenters. The Morgan fingerprint density at radius 2 is 1.57 bits per heavy atom. The monoisotopic (exact) mass is 474 g/mol. The summed E-state index contributed by atoms with van der Waals surface area (Å²) in [7, 11) is 0. The van der Waals surface area contributed by atoms with Gasteiger partial charge in [0.2, 0.25) is 11.8 Å². The second kappa shape index (κ2) is 9.42. The SMILES string of the molecule is C=CC1CC(C)C2C(=O)N(Cc3cccc(CN4COCC5C(C=C)C[C@H](C)[C@@H]5C4=C)c3)C(=O)C12. The highest BCUT2D eigenvalue weighted by atomic mass is 16.5. The number of rotatable bonds is 6. The minimum absolute atomic E-state index is 0.0189. The van der Waals surface area contributed by atoms with E-state index in [0.29, 0.717) is 43.5 Å². The van der Waals surface area contributed by atoms with Crippen LogP contribution < -0.4 is 0 Å². The molecule has 186 valence electrons. The van der Waals surface area contributed by atoms with Crippen molar-refractivity contribution < 1.29 is 14.3 Å². The number of carbonyl (C=O) groups is 2. The molecule has 2 aliphatic heterocycles. The number of benzene rings is 1. The summed E-state index contributed by atoms with van der Waals surface area (Å²) in [5.74, 6) is 1.70. The van der Waals surface area contributed by atoms with Gasteiger partial charge in [0.25, 0.3) is 0 Å². The summed E-state index contributed by atoms with van der Waals surface area (Å²) in [5.41, 5.74) is 3.26. The number of allylic oxidation sites excluding steroid dienone is 3. The van der Waals surface area contributed by atoms with Crippen LogP contribution in [-0.4, -0.2) is 35.0 Å². The molecule has 4 aliphatic rings. The second-order valence-corrected chi connectivity index (χ2v) is 11.2. The van der Waals surface area contributed by atoms with Crippen LogP contribution in [-0.2, 0) is 27.4 Å². The van der Waals surface area contributed by atoms with Crippen molar-refractivity contribution in [2.24, 2.45) is 47.3 Å². The summed E-state index contributed by atoms with van der Waals surface area (Å²) in [6.45, 7) is 19.2. The van der Waals surface area contributed by atoms with Crippen molar-refractivity contribution >= 4 is 11.8 Å². The summed E-state index contributed by atoms with van der Waals surface area (Å²) < 4.78 is 6.09. The summed E-state index contributed by atoms with van der Waals surface area (Å²) in [5, 5.41) is 0. The minimum Gasteiger partial charge on any atom is -0.361 e. The molecular formula is C30H38N2O3. The fraction of sp³-hybridized carbons (Fsp3) is 0.533. The fourth-order valence-corrected chi connectivity index (χ4v) is 7.43. The third kappa shape index (κ3) is 4.08. The Kier molecular flexibility index (Phi) is 6.47. The molecule has 2 saturated heterocycles. The van der Waals surface area contributed by atoms with Crippen molar-refractivity contribution in [1.29, 1.82) is 0 Å². The lowest BCUT2D eigenvalue weighted by Crippen LogP contribution is -2.33. The van der Waals surface area contributed by atoms with Gasteiger partial charge in [0.05, 0.1) is 25.0 Å². The Hall–Kier alpha value is -2.66. The molecular weight excluding hydrogens is 436 g/mol. The van der Waals surface area contributed by atoms with E-state index in [1.54, 1.807) is 0 Å². The number of imide groups is 1. The van der Waals surface area contributed by atoms with Crippen LogP contribution in [0.4, 0.5) is 0 Å². The highest BCUT2D eigenvalue weighted by Gasteiger charge is 2.56. The Morgan fingerprint density at radius 3 is 2.29 bits per heavy atom. The smallest absolute Gasteiger partial charge is 0.234 e. The maximum atomic E-state index is 13.2. The Labute approximate surface area is 209 Å². The van der Waals surface area contributed by atoms with E-state index < -0.39 is 0 Å². The first-order valence-corrected chi connectivity index (χ1v) is 13.0. The molecule has 2 saturated carbocycles. The molecule has 5 nitrogen and oxygen atoms in total. The molecule has 0 N–H and O–H groups in total. The zero-order valence-electron chi connectivity index (χ0n) is 21.1. The van der Waals surface area contributed by atoms with E-state index in [1.165, 1.54) is 4.90 Å². The molecule has 35 heavy (non-hydrogen) atoms. The highest BCUT2D eigenvalue weighted by Crippen LogP contribution is 2.49. The van der Waals surface area contributed by atoms with E-state index in [2.05, 4.69) is 56.7 Å². The largest absolute Gasteiger partial charge is 0.361 e. The topological polar surface area (TPSA) is 49.9 Å². The quantitative estimate of drug-likeness (QED) is 0.430. The standard InChI is InChI=1S/C30H38N2O3/c1-6-23-11-18(3)26-20(5)31(17-35-16-25(23)26)14-21-9-8-10-22(13-21)15-32-29(33)27-19(4)12-24(7-2)28(27)30(32)34/h6-10,13,18-19,23-28H,1-2,5,11-12,14-17H2,3-4H3/t18-,19?,23?,24?,25?,26+,27?,28?/m0/s1. The Morgan fingerprint density at radius 1 is 0.943 bits per heavy atom. The molecule has 2 heterocycles. The second-order valence-electron chi connectivity index (χ2n) is 11.2. The number of amides is 2. The van der Waals surface area contributed by atoms with Gasteiger partial charge in [-0.25, -0.2) is 0 Å². The van der Waals surface area contributed by atoms with Crippen LogP contribution in [0.3, 0.4) is 0 Å². The molecule has 1 aromatic carbocycles. The zero-order chi connectivity index (χ0) is 24.9. The maximum Gasteiger partial charge on any atom is 0.234 e. The van der Waals surface area contributed by atoms with E-state index in [4.69, 9.17) is 4.74 Å². The molecule has 2 amide bonds. The van der Waals surface area contributed by atoms with Crippen molar-refractivity contribution in [2.45, 2.75) is 39.8 Å². The first kappa shape index (κ1) is 24.1. The number of carbonyl (C=O) groups excluding carboxylic acids is 2. The van der Waals surface area contributed by atoms with E-state index in [9.17, 15) is 9.59 Å². The van der Waals surface area contributed by atoms with Gasteiger partial charge in [-0.05, 0) is 53.6 Å². The summed E-state index contributed by atoms with van der Waals surface area (Å²) in [6.07, 6.45) is 5.95. The van der Waals surface area contributed by atoms with Gasteiger partial charge in [-0.1, -0.05) is 56.8 Å². The van der Waals surface area contributed by atoms with Crippen molar-refractivity contribution in [1.82, 2.24) is 9.80 Å². The van der Waals surface area contributed by atoms with Gasteiger partial charge in [0, 0.05) is 18.2 Å². The van der Waals surface area contributed by atoms with E-state index >= 15 is 0 Å². The molecule has 2 aliphatic carbocycles. The number of likely N-dealkylation sites (tertiary alicyclic amines) is 1. The molecule has 5 rings (SSSR count). The van der Waals surface area contributed by atoms with Gasteiger partial charge in [-0.15, -0.1) is 13.2 Å². The summed E-state index contributed by atoms with van der Waals surface area (Å²) in [4.78, 5) is 30.1. The molecule has 1 aromatic rings. The minimum atomic E-state index is -0.239. The van der Waals surface area contributed by atoms with Gasteiger partial charge >= 0.3 is 0 Å². The molecule has 0 spiro atoms. The summed E-state index contributed by atoms with van der Waals surface area (Å²) >= 11 is 0. The van der Waals surface area contributed by atoms with E-state index in [1.807, 2.05) is 18.2 Å². The van der Waals surface area contributed by atoms with Crippen molar-refractivity contribution in [3.8, 4) is 0 Å². The molecule has 0 aromatic heterocycles. The van der Waals surface area contributed by atoms with Crippen molar-refractivity contribution in [3.05, 3.63) is 73.0 Å². The zero-order valence-corrected chi connectivity index (χ0v) is 21.1. The predicted molar refractivity (Wildman–Crippen MR) is 136 cm³/mol. The lowest BCUT2D eigenvalue weighted by atomic mass is 9.85. The van der Waals surface area contributed by atoms with Crippen molar-refractivity contribution in [3.63, 3.8) is 0 Å². The van der Waals surface area contributed by atoms with Crippen LogP contribution in [0.5, 0.6) is 0 Å². The number of ether oxygens (including phenoxy) is 1. The average Bonchev–Trinajstić information content (AvgIpc) is 3.39. The van der Waals surface area contributed by atoms with Crippen LogP contribution in [0.2, 0.25) is 0 Å². The lowest BCUT2D eigenvalue weighted by Gasteiger charge is -2.30. The third-order valence-electron chi connectivity index (χ3n) is 9.14. The lowest BCUT2D eigenvalue weighted by molar-refractivity contribution is -0.141. The Bertz CT molecular complexity index is 1050. The fourth-order valence-electron chi connectivity index (χ4n) is 7.43. The Balaban J connectivity index is 1.30. The number of nitrogens with zero attached hydrogens (tertiary/aromatic N) is 2. The normalized spacial score (nSPS) is 36.8. The highest BCUT2D eigenvalue weighted by molar-refractivity contribution is 6.05. The van der Waals surface area contributed by atoms with Crippen LogP contribution in [0.1, 0.15) is 37.8 Å². The molecule has 4 fully saturated rings. The van der Waals surface area contributed by atoms with Crippen LogP contribution >= 0.6 is 0 Å². The van der Waals surface area contributed by atoms with Gasteiger partial charge in [-0.2, -0.15) is 0 Å². The van der Waals surface area contributed by atoms with Gasteiger partial charge in [0.1, 0.15) is 6.73 Å². The summed E-state index contributed by atoms with van der Waals surface area (Å²) in [6, 6.07) is 8.23. The third-order valence-corrected chi connectivity index (χ3v) is 9.14.